The van der Waals surface area contributed by atoms with Gasteiger partial charge in [-0.2, -0.15) is 0 Å². The SMILES string of the molecule is Cc1oncc1C(=O)N[C@@H](CN1CCCC1=O)c1ccccc1. The van der Waals surface area contributed by atoms with Gasteiger partial charge in [0.15, 0.2) is 0 Å². The molecule has 2 amide bonds. The van der Waals surface area contributed by atoms with Crippen molar-refractivity contribution in [3.63, 3.8) is 0 Å². The monoisotopic (exact) mass is 313 g/mol. The number of aryl methyl sites for hydroxylation is 1. The van der Waals surface area contributed by atoms with Gasteiger partial charge in [-0.15, -0.1) is 0 Å². The van der Waals surface area contributed by atoms with Gasteiger partial charge in [-0.1, -0.05) is 35.5 Å². The standard InChI is InChI=1S/C17H19N3O3/c1-12-14(10-18-23-12)17(22)19-15(13-6-3-2-4-7-13)11-20-9-5-8-16(20)21/h2-4,6-7,10,15H,5,8-9,11H2,1H3,(H,19,22)/t15-/m0/s1. The molecule has 120 valence electrons. The number of benzene rings is 1. The van der Waals surface area contributed by atoms with Crippen molar-refractivity contribution in [2.45, 2.75) is 25.8 Å². The minimum absolute atomic E-state index is 0.140. The zero-order valence-electron chi connectivity index (χ0n) is 13.0. The zero-order chi connectivity index (χ0) is 16.2. The third-order valence-electron chi connectivity index (χ3n) is 4.08. The highest BCUT2D eigenvalue weighted by molar-refractivity contribution is 5.95. The summed E-state index contributed by atoms with van der Waals surface area (Å²) in [6.07, 6.45) is 2.87. The first-order valence-electron chi connectivity index (χ1n) is 7.70. The number of carbonyl (C=O) groups excluding carboxylic acids is 2. The van der Waals surface area contributed by atoms with E-state index in [1.165, 1.54) is 6.20 Å². The Balaban J connectivity index is 1.79. The Morgan fingerprint density at radius 1 is 1.39 bits per heavy atom. The van der Waals surface area contributed by atoms with E-state index in [2.05, 4.69) is 10.5 Å². The molecule has 1 aromatic carbocycles. The molecule has 0 spiro atoms. The highest BCUT2D eigenvalue weighted by Crippen LogP contribution is 2.19. The second-order valence-electron chi connectivity index (χ2n) is 5.68. The van der Waals surface area contributed by atoms with Crippen LogP contribution in [-0.4, -0.2) is 35.0 Å². The average molecular weight is 313 g/mol. The predicted molar refractivity (Wildman–Crippen MR) is 83.7 cm³/mol. The molecule has 0 saturated carbocycles. The highest BCUT2D eigenvalue weighted by Gasteiger charge is 2.26. The first-order chi connectivity index (χ1) is 11.1. The van der Waals surface area contributed by atoms with E-state index in [9.17, 15) is 9.59 Å². The van der Waals surface area contributed by atoms with Crippen LogP contribution < -0.4 is 5.32 Å². The lowest BCUT2D eigenvalue weighted by Gasteiger charge is -2.25. The van der Waals surface area contributed by atoms with E-state index in [4.69, 9.17) is 4.52 Å². The van der Waals surface area contributed by atoms with E-state index < -0.39 is 0 Å². The molecule has 1 atom stereocenters. The molecule has 6 nitrogen and oxygen atoms in total. The third-order valence-corrected chi connectivity index (χ3v) is 4.08. The van der Waals surface area contributed by atoms with Crippen LogP contribution in [0.5, 0.6) is 0 Å². The summed E-state index contributed by atoms with van der Waals surface area (Å²) in [6.45, 7) is 2.91. The summed E-state index contributed by atoms with van der Waals surface area (Å²) < 4.78 is 4.95. The van der Waals surface area contributed by atoms with E-state index in [0.29, 0.717) is 24.3 Å². The summed E-state index contributed by atoms with van der Waals surface area (Å²) in [4.78, 5) is 26.2. The number of carbonyl (C=O) groups is 2. The van der Waals surface area contributed by atoms with Crippen LogP contribution in [0.4, 0.5) is 0 Å². The van der Waals surface area contributed by atoms with E-state index in [-0.39, 0.29) is 17.9 Å². The number of aromatic nitrogens is 1. The maximum Gasteiger partial charge on any atom is 0.257 e. The molecule has 1 aliphatic heterocycles. The number of nitrogens with one attached hydrogen (secondary N) is 1. The van der Waals surface area contributed by atoms with Gasteiger partial charge in [-0.3, -0.25) is 9.59 Å². The van der Waals surface area contributed by atoms with Gasteiger partial charge in [-0.25, -0.2) is 0 Å². The molecule has 0 unspecified atom stereocenters. The van der Waals surface area contributed by atoms with E-state index in [0.717, 1.165) is 18.5 Å². The molecule has 1 aromatic heterocycles. The summed E-state index contributed by atoms with van der Waals surface area (Å²) >= 11 is 0. The Kier molecular flexibility index (Phi) is 4.41. The van der Waals surface area contributed by atoms with Crippen LogP contribution in [0, 0.1) is 6.92 Å². The molecule has 1 fully saturated rings. The van der Waals surface area contributed by atoms with Crippen molar-refractivity contribution in [2.24, 2.45) is 0 Å². The molecular weight excluding hydrogens is 294 g/mol. The van der Waals surface area contributed by atoms with Gasteiger partial charge in [0.05, 0.1) is 12.2 Å². The lowest BCUT2D eigenvalue weighted by atomic mass is 10.1. The average Bonchev–Trinajstić information content (AvgIpc) is 3.16. The van der Waals surface area contributed by atoms with E-state index in [1.54, 1.807) is 11.8 Å². The van der Waals surface area contributed by atoms with Crippen molar-refractivity contribution >= 4 is 11.8 Å². The minimum Gasteiger partial charge on any atom is -0.361 e. The molecule has 2 heterocycles. The number of amides is 2. The second-order valence-corrected chi connectivity index (χ2v) is 5.68. The van der Waals surface area contributed by atoms with Gasteiger partial charge >= 0.3 is 0 Å². The molecule has 0 bridgehead atoms. The fourth-order valence-electron chi connectivity index (χ4n) is 2.79. The largest absolute Gasteiger partial charge is 0.361 e. The molecule has 0 aliphatic carbocycles. The predicted octanol–water partition coefficient (Wildman–Crippen LogP) is 2.08. The summed E-state index contributed by atoms with van der Waals surface area (Å²) in [5.74, 6) is 0.372. The molecule has 1 saturated heterocycles. The van der Waals surface area contributed by atoms with Gasteiger partial charge in [0.25, 0.3) is 5.91 Å². The van der Waals surface area contributed by atoms with Crippen LogP contribution in [0.15, 0.2) is 41.1 Å². The molecule has 1 aliphatic rings. The summed E-state index contributed by atoms with van der Waals surface area (Å²) in [7, 11) is 0. The quantitative estimate of drug-likeness (QED) is 0.917. The van der Waals surface area contributed by atoms with Gasteiger partial charge in [0.2, 0.25) is 5.91 Å². The zero-order valence-corrected chi connectivity index (χ0v) is 13.0. The second kappa shape index (κ2) is 6.64. The van der Waals surface area contributed by atoms with Gasteiger partial charge in [0, 0.05) is 19.5 Å². The van der Waals surface area contributed by atoms with Crippen LogP contribution in [0.1, 0.15) is 40.6 Å². The molecule has 6 heteroatoms. The Labute approximate surface area is 134 Å². The molecule has 0 radical (unpaired) electrons. The lowest BCUT2D eigenvalue weighted by Crippen LogP contribution is -2.38. The summed E-state index contributed by atoms with van der Waals surface area (Å²) in [5, 5.41) is 6.63. The number of nitrogens with zero attached hydrogens (tertiary/aromatic N) is 2. The summed E-state index contributed by atoms with van der Waals surface area (Å²) in [5.41, 5.74) is 1.38. The van der Waals surface area contributed by atoms with Gasteiger partial charge in [0.1, 0.15) is 11.3 Å². The van der Waals surface area contributed by atoms with Crippen molar-refractivity contribution in [3.05, 3.63) is 53.4 Å². The van der Waals surface area contributed by atoms with Crippen LogP contribution in [0.3, 0.4) is 0 Å². The van der Waals surface area contributed by atoms with Crippen molar-refractivity contribution in [3.8, 4) is 0 Å². The van der Waals surface area contributed by atoms with Crippen LogP contribution in [-0.2, 0) is 4.79 Å². The Bertz CT molecular complexity index is 696. The van der Waals surface area contributed by atoms with Crippen molar-refractivity contribution < 1.29 is 14.1 Å². The first-order valence-corrected chi connectivity index (χ1v) is 7.70. The summed E-state index contributed by atoms with van der Waals surface area (Å²) in [6, 6.07) is 9.40. The normalized spacial score (nSPS) is 15.7. The topological polar surface area (TPSA) is 75.4 Å². The Morgan fingerprint density at radius 2 is 2.17 bits per heavy atom. The molecule has 2 aromatic rings. The van der Waals surface area contributed by atoms with E-state index >= 15 is 0 Å². The lowest BCUT2D eigenvalue weighted by molar-refractivity contribution is -0.128. The number of hydrogen-bond acceptors (Lipinski definition) is 4. The molecule has 1 N–H and O–H groups in total. The minimum atomic E-state index is -0.264. The molecule has 3 rings (SSSR count). The van der Waals surface area contributed by atoms with Crippen molar-refractivity contribution in [1.82, 2.24) is 15.4 Å². The van der Waals surface area contributed by atoms with Gasteiger partial charge < -0.3 is 14.7 Å². The fraction of sp³-hybridized carbons (Fsp3) is 0.353. The maximum atomic E-state index is 12.5. The van der Waals surface area contributed by atoms with Crippen LogP contribution in [0.25, 0.3) is 0 Å². The van der Waals surface area contributed by atoms with Gasteiger partial charge in [-0.05, 0) is 18.9 Å². The molecular formula is C17H19N3O3. The Morgan fingerprint density at radius 3 is 2.78 bits per heavy atom. The smallest absolute Gasteiger partial charge is 0.257 e. The first kappa shape index (κ1) is 15.3. The van der Waals surface area contributed by atoms with Crippen LogP contribution in [0.2, 0.25) is 0 Å². The third kappa shape index (κ3) is 3.41. The molecule has 23 heavy (non-hydrogen) atoms. The van der Waals surface area contributed by atoms with E-state index in [1.807, 2.05) is 30.3 Å². The highest BCUT2D eigenvalue weighted by atomic mass is 16.5. The maximum absolute atomic E-state index is 12.5. The number of rotatable bonds is 5. The number of hydrogen-bond donors (Lipinski definition) is 1. The van der Waals surface area contributed by atoms with Crippen molar-refractivity contribution in [2.75, 3.05) is 13.1 Å². The number of likely N-dealkylation sites (tertiary alicyclic amines) is 1. The fourth-order valence-corrected chi connectivity index (χ4v) is 2.79. The van der Waals surface area contributed by atoms with Crippen molar-refractivity contribution in [1.29, 1.82) is 0 Å². The van der Waals surface area contributed by atoms with Crippen LogP contribution >= 0.6 is 0 Å². The Hall–Kier alpha value is -2.63.